The second-order valence-corrected chi connectivity index (χ2v) is 3.59. The first-order valence-electron chi connectivity index (χ1n) is 5.19. The molecule has 0 bridgehead atoms. The first-order chi connectivity index (χ1) is 7.19. The minimum atomic E-state index is -0.448. The first kappa shape index (κ1) is 12.0. The van der Waals surface area contributed by atoms with Gasteiger partial charge in [-0.05, 0) is 18.9 Å². The van der Waals surface area contributed by atoms with E-state index in [2.05, 4.69) is 0 Å². The van der Waals surface area contributed by atoms with E-state index >= 15 is 0 Å². The summed E-state index contributed by atoms with van der Waals surface area (Å²) in [6.45, 7) is 4.05. The van der Waals surface area contributed by atoms with Gasteiger partial charge in [0.05, 0.1) is 12.7 Å². The molecule has 0 aliphatic heterocycles. The summed E-state index contributed by atoms with van der Waals surface area (Å²) in [5, 5.41) is 18.5. The molecule has 0 saturated carbocycles. The average molecular weight is 210 g/mol. The molecule has 1 aromatic rings. The van der Waals surface area contributed by atoms with E-state index in [1.54, 1.807) is 0 Å². The van der Waals surface area contributed by atoms with Crippen molar-refractivity contribution < 1.29 is 14.9 Å². The van der Waals surface area contributed by atoms with Crippen molar-refractivity contribution in [2.45, 2.75) is 33.0 Å². The summed E-state index contributed by atoms with van der Waals surface area (Å²) < 4.78 is 5.50. The molecule has 0 saturated heterocycles. The monoisotopic (exact) mass is 210 g/mol. The maximum atomic E-state index is 9.39. The van der Waals surface area contributed by atoms with Crippen LogP contribution in [0.25, 0.3) is 0 Å². The summed E-state index contributed by atoms with van der Waals surface area (Å²) in [5.74, 6) is 0.688. The highest BCUT2D eigenvalue weighted by atomic mass is 16.5. The van der Waals surface area contributed by atoms with E-state index in [-0.39, 0.29) is 13.2 Å². The standard InChI is InChI=1S/C12H18O3/c1-3-11(14)8-15-12-9(2)5-4-6-10(12)7-13/h4-6,11,13-14H,3,7-8H2,1-2H3. The van der Waals surface area contributed by atoms with Gasteiger partial charge in [0.2, 0.25) is 0 Å². The maximum Gasteiger partial charge on any atom is 0.127 e. The number of aryl methyl sites for hydroxylation is 1. The summed E-state index contributed by atoms with van der Waals surface area (Å²) in [6, 6.07) is 5.62. The molecule has 1 rings (SSSR count). The quantitative estimate of drug-likeness (QED) is 0.776. The van der Waals surface area contributed by atoms with E-state index in [4.69, 9.17) is 9.84 Å². The van der Waals surface area contributed by atoms with Crippen molar-refractivity contribution in [1.29, 1.82) is 0 Å². The Bertz CT molecular complexity index is 310. The van der Waals surface area contributed by atoms with E-state index in [1.165, 1.54) is 0 Å². The number of para-hydroxylation sites is 1. The van der Waals surface area contributed by atoms with E-state index in [0.717, 1.165) is 11.1 Å². The highest BCUT2D eigenvalue weighted by Crippen LogP contribution is 2.23. The van der Waals surface area contributed by atoms with Crippen LogP contribution in [-0.4, -0.2) is 22.9 Å². The zero-order valence-electron chi connectivity index (χ0n) is 9.23. The van der Waals surface area contributed by atoms with Crippen LogP contribution in [0.5, 0.6) is 5.75 Å². The van der Waals surface area contributed by atoms with Crippen molar-refractivity contribution in [1.82, 2.24) is 0 Å². The smallest absolute Gasteiger partial charge is 0.127 e. The van der Waals surface area contributed by atoms with Crippen LogP contribution < -0.4 is 4.74 Å². The van der Waals surface area contributed by atoms with Gasteiger partial charge >= 0.3 is 0 Å². The molecular formula is C12H18O3. The zero-order chi connectivity index (χ0) is 11.3. The third-order valence-electron chi connectivity index (χ3n) is 2.36. The Morgan fingerprint density at radius 2 is 2.13 bits per heavy atom. The topological polar surface area (TPSA) is 49.7 Å². The van der Waals surface area contributed by atoms with Gasteiger partial charge in [-0.3, -0.25) is 0 Å². The summed E-state index contributed by atoms with van der Waals surface area (Å²) >= 11 is 0. The fourth-order valence-electron chi connectivity index (χ4n) is 1.34. The lowest BCUT2D eigenvalue weighted by Gasteiger charge is -2.15. The Kier molecular flexibility index (Phi) is 4.59. The van der Waals surface area contributed by atoms with Crippen molar-refractivity contribution in [2.75, 3.05) is 6.61 Å². The van der Waals surface area contributed by atoms with Crippen molar-refractivity contribution >= 4 is 0 Å². The van der Waals surface area contributed by atoms with Crippen molar-refractivity contribution in [3.63, 3.8) is 0 Å². The van der Waals surface area contributed by atoms with Crippen LogP contribution in [0.3, 0.4) is 0 Å². The molecule has 0 aliphatic carbocycles. The van der Waals surface area contributed by atoms with Crippen molar-refractivity contribution in [3.8, 4) is 5.75 Å². The summed E-state index contributed by atoms with van der Waals surface area (Å²) in [5.41, 5.74) is 1.74. The molecule has 0 heterocycles. The van der Waals surface area contributed by atoms with Gasteiger partial charge in [0.1, 0.15) is 12.4 Å². The molecule has 84 valence electrons. The fraction of sp³-hybridized carbons (Fsp3) is 0.500. The molecule has 0 radical (unpaired) electrons. The average Bonchev–Trinajstić information content (AvgIpc) is 2.26. The van der Waals surface area contributed by atoms with Gasteiger partial charge in [-0.2, -0.15) is 0 Å². The van der Waals surface area contributed by atoms with E-state index in [0.29, 0.717) is 12.2 Å². The van der Waals surface area contributed by atoms with Gasteiger partial charge in [0, 0.05) is 5.56 Å². The molecule has 0 amide bonds. The van der Waals surface area contributed by atoms with Crippen LogP contribution in [0.1, 0.15) is 24.5 Å². The van der Waals surface area contributed by atoms with Crippen LogP contribution in [0.2, 0.25) is 0 Å². The van der Waals surface area contributed by atoms with Crippen LogP contribution in [-0.2, 0) is 6.61 Å². The number of hydrogen-bond donors (Lipinski definition) is 2. The Morgan fingerprint density at radius 1 is 1.40 bits per heavy atom. The highest BCUT2D eigenvalue weighted by Gasteiger charge is 2.08. The molecule has 1 unspecified atom stereocenters. The second-order valence-electron chi connectivity index (χ2n) is 3.59. The van der Waals surface area contributed by atoms with E-state index in [1.807, 2.05) is 32.0 Å². The van der Waals surface area contributed by atoms with Gasteiger partial charge in [0.25, 0.3) is 0 Å². The number of aliphatic hydroxyl groups excluding tert-OH is 2. The molecule has 0 aromatic heterocycles. The predicted octanol–water partition coefficient (Wildman–Crippen LogP) is 1.64. The number of benzene rings is 1. The number of hydrogen-bond acceptors (Lipinski definition) is 3. The van der Waals surface area contributed by atoms with Gasteiger partial charge in [-0.15, -0.1) is 0 Å². The number of aliphatic hydroxyl groups is 2. The summed E-state index contributed by atoms with van der Waals surface area (Å²) in [7, 11) is 0. The van der Waals surface area contributed by atoms with Crippen LogP contribution in [0.4, 0.5) is 0 Å². The second kappa shape index (κ2) is 5.73. The van der Waals surface area contributed by atoms with Crippen molar-refractivity contribution in [2.24, 2.45) is 0 Å². The van der Waals surface area contributed by atoms with Crippen LogP contribution in [0.15, 0.2) is 18.2 Å². The highest BCUT2D eigenvalue weighted by molar-refractivity contribution is 5.40. The largest absolute Gasteiger partial charge is 0.490 e. The fourth-order valence-corrected chi connectivity index (χ4v) is 1.34. The molecule has 1 aromatic carbocycles. The SMILES string of the molecule is CCC(O)COc1c(C)cccc1CO. The lowest BCUT2D eigenvalue weighted by atomic mass is 10.1. The van der Waals surface area contributed by atoms with Crippen LogP contribution >= 0.6 is 0 Å². The lowest BCUT2D eigenvalue weighted by molar-refractivity contribution is 0.102. The van der Waals surface area contributed by atoms with Gasteiger partial charge in [-0.25, -0.2) is 0 Å². The van der Waals surface area contributed by atoms with Gasteiger partial charge < -0.3 is 14.9 Å². The molecular weight excluding hydrogens is 192 g/mol. The molecule has 15 heavy (non-hydrogen) atoms. The number of rotatable bonds is 5. The molecule has 1 atom stereocenters. The van der Waals surface area contributed by atoms with E-state index in [9.17, 15) is 5.11 Å². The molecule has 3 nitrogen and oxygen atoms in total. The Hall–Kier alpha value is -1.06. The van der Waals surface area contributed by atoms with E-state index < -0.39 is 6.10 Å². The van der Waals surface area contributed by atoms with Crippen LogP contribution in [0, 0.1) is 6.92 Å². The minimum absolute atomic E-state index is 0.0424. The Balaban J connectivity index is 2.74. The van der Waals surface area contributed by atoms with Gasteiger partial charge in [-0.1, -0.05) is 25.1 Å². The zero-order valence-corrected chi connectivity index (χ0v) is 9.23. The molecule has 2 N–H and O–H groups in total. The summed E-state index contributed by atoms with van der Waals surface area (Å²) in [6.07, 6.45) is 0.219. The minimum Gasteiger partial charge on any atom is -0.490 e. The normalized spacial score (nSPS) is 12.5. The third kappa shape index (κ3) is 3.22. The lowest BCUT2D eigenvalue weighted by Crippen LogP contribution is -2.17. The summed E-state index contributed by atoms with van der Waals surface area (Å²) in [4.78, 5) is 0. The molecule has 0 spiro atoms. The van der Waals surface area contributed by atoms with Gasteiger partial charge in [0.15, 0.2) is 0 Å². The molecule has 0 aliphatic rings. The third-order valence-corrected chi connectivity index (χ3v) is 2.36. The Morgan fingerprint density at radius 3 is 2.73 bits per heavy atom. The Labute approximate surface area is 90.3 Å². The molecule has 0 fully saturated rings. The van der Waals surface area contributed by atoms with Crippen molar-refractivity contribution in [3.05, 3.63) is 29.3 Å². The number of ether oxygens (including phenoxy) is 1. The maximum absolute atomic E-state index is 9.39. The molecule has 3 heteroatoms. The first-order valence-corrected chi connectivity index (χ1v) is 5.19. The predicted molar refractivity (Wildman–Crippen MR) is 58.9 cm³/mol.